The first-order valence-corrected chi connectivity index (χ1v) is 10.6. The molecule has 2 heterocycles. The number of ketones is 2. The Morgan fingerprint density at radius 3 is 1.56 bits per heavy atom. The first kappa shape index (κ1) is 22.5. The average Bonchev–Trinajstić information content (AvgIpc) is 2.65. The third-order valence-electron chi connectivity index (χ3n) is 5.88. The molecule has 27 heavy (non-hydrogen) atoms. The van der Waals surface area contributed by atoms with Crippen molar-refractivity contribution in [2.45, 2.75) is 82.8 Å². The van der Waals surface area contributed by atoms with Crippen molar-refractivity contribution in [2.75, 3.05) is 26.4 Å². The summed E-state index contributed by atoms with van der Waals surface area (Å²) in [6.07, 6.45) is 7.92. The van der Waals surface area contributed by atoms with Crippen LogP contribution in [0.25, 0.3) is 0 Å². The Labute approximate surface area is 162 Å². The van der Waals surface area contributed by atoms with Crippen LogP contribution in [-0.2, 0) is 19.1 Å². The van der Waals surface area contributed by atoms with Crippen LogP contribution in [0.2, 0.25) is 0 Å². The molecule has 0 saturated carbocycles. The highest BCUT2D eigenvalue weighted by molar-refractivity contribution is 5.83. The highest BCUT2D eigenvalue weighted by Crippen LogP contribution is 2.21. The lowest BCUT2D eigenvalue weighted by molar-refractivity contribution is -0.133. The van der Waals surface area contributed by atoms with E-state index in [1.54, 1.807) is 0 Å². The van der Waals surface area contributed by atoms with Crippen molar-refractivity contribution in [3.05, 3.63) is 0 Å². The molecule has 0 bridgehead atoms. The monoisotopic (exact) mass is 384 g/mol. The number of rotatable bonds is 12. The molecule has 4 unspecified atom stereocenters. The molecule has 0 aromatic carbocycles. The summed E-state index contributed by atoms with van der Waals surface area (Å²) in [5.74, 6) is 0.605. The molecule has 2 aliphatic heterocycles. The fourth-order valence-electron chi connectivity index (χ4n) is 4.04. The number of aliphatic hydroxyl groups excluding tert-OH is 2. The van der Waals surface area contributed by atoms with Gasteiger partial charge in [0.2, 0.25) is 0 Å². The van der Waals surface area contributed by atoms with E-state index in [2.05, 4.69) is 0 Å². The second-order valence-electron chi connectivity index (χ2n) is 8.11. The van der Waals surface area contributed by atoms with Crippen LogP contribution in [0.15, 0.2) is 0 Å². The Morgan fingerprint density at radius 1 is 0.741 bits per heavy atom. The second-order valence-corrected chi connectivity index (χ2v) is 8.11. The summed E-state index contributed by atoms with van der Waals surface area (Å²) in [4.78, 5) is 23.4. The largest absolute Gasteiger partial charge is 0.393 e. The minimum Gasteiger partial charge on any atom is -0.393 e. The predicted molar refractivity (Wildman–Crippen MR) is 101 cm³/mol. The maximum absolute atomic E-state index is 11.7. The highest BCUT2D eigenvalue weighted by Gasteiger charge is 2.23. The van der Waals surface area contributed by atoms with Crippen LogP contribution in [0.4, 0.5) is 0 Å². The van der Waals surface area contributed by atoms with E-state index in [1.807, 2.05) is 0 Å². The molecular formula is C21H36O6. The maximum Gasteiger partial charge on any atom is 0.161 e. The highest BCUT2D eigenvalue weighted by atomic mass is 16.5. The Morgan fingerprint density at radius 2 is 1.15 bits per heavy atom. The van der Waals surface area contributed by atoms with E-state index >= 15 is 0 Å². The molecule has 6 heteroatoms. The topological polar surface area (TPSA) is 93.1 Å². The smallest absolute Gasteiger partial charge is 0.161 e. The van der Waals surface area contributed by atoms with Crippen molar-refractivity contribution >= 4 is 11.6 Å². The van der Waals surface area contributed by atoms with Crippen molar-refractivity contribution in [2.24, 2.45) is 11.8 Å². The normalized spacial score (nSPS) is 26.1. The number of hydrogen-bond donors (Lipinski definition) is 2. The van der Waals surface area contributed by atoms with E-state index in [1.165, 1.54) is 0 Å². The zero-order valence-corrected chi connectivity index (χ0v) is 16.4. The fourth-order valence-corrected chi connectivity index (χ4v) is 4.04. The summed E-state index contributed by atoms with van der Waals surface area (Å²) < 4.78 is 10.3. The zero-order valence-electron chi connectivity index (χ0n) is 16.4. The van der Waals surface area contributed by atoms with Gasteiger partial charge in [-0.3, -0.25) is 9.59 Å². The van der Waals surface area contributed by atoms with Gasteiger partial charge in [0.15, 0.2) is 11.6 Å². The standard InChI is InChI=1S/C21H36O6/c22-18(6-1-4-16-10-12-26-14-20(16)24)8-3-9-19(23)7-2-5-17-11-13-27-15-21(17)25/h16-19,22-23H,1-15H2. The molecule has 2 saturated heterocycles. The van der Waals surface area contributed by atoms with Crippen LogP contribution in [0.5, 0.6) is 0 Å². The lowest BCUT2D eigenvalue weighted by atomic mass is 9.91. The van der Waals surface area contributed by atoms with Crippen LogP contribution in [0.1, 0.15) is 70.6 Å². The summed E-state index contributed by atoms with van der Waals surface area (Å²) in [5.41, 5.74) is 0. The Bertz CT molecular complexity index is 412. The lowest BCUT2D eigenvalue weighted by Gasteiger charge is -2.21. The molecule has 2 aliphatic rings. The Balaban J connectivity index is 1.46. The zero-order chi connectivity index (χ0) is 19.5. The molecule has 2 N–H and O–H groups in total. The van der Waals surface area contributed by atoms with Crippen molar-refractivity contribution < 1.29 is 29.3 Å². The molecule has 0 aromatic heterocycles. The molecule has 0 aromatic rings. The first-order valence-electron chi connectivity index (χ1n) is 10.6. The van der Waals surface area contributed by atoms with Gasteiger partial charge in [0.05, 0.1) is 12.2 Å². The van der Waals surface area contributed by atoms with Crippen LogP contribution >= 0.6 is 0 Å². The lowest BCUT2D eigenvalue weighted by Crippen LogP contribution is -2.27. The van der Waals surface area contributed by atoms with E-state index in [4.69, 9.17) is 9.47 Å². The molecule has 2 fully saturated rings. The van der Waals surface area contributed by atoms with Crippen LogP contribution in [0.3, 0.4) is 0 Å². The number of Topliss-reactive ketones (excluding diaryl/α,β-unsaturated/α-hetero) is 2. The molecule has 6 nitrogen and oxygen atoms in total. The second kappa shape index (κ2) is 12.6. The molecule has 0 amide bonds. The Kier molecular flexibility index (Phi) is 10.5. The average molecular weight is 385 g/mol. The van der Waals surface area contributed by atoms with Gasteiger partial charge in [0.1, 0.15) is 13.2 Å². The number of carbonyl (C=O) groups is 2. The van der Waals surface area contributed by atoms with Gasteiger partial charge in [0.25, 0.3) is 0 Å². The van der Waals surface area contributed by atoms with Gasteiger partial charge in [0, 0.05) is 25.0 Å². The molecule has 156 valence electrons. The van der Waals surface area contributed by atoms with E-state index in [9.17, 15) is 19.8 Å². The summed E-state index contributed by atoms with van der Waals surface area (Å²) in [6.45, 7) is 1.82. The number of ether oxygens (including phenoxy) is 2. The third kappa shape index (κ3) is 8.81. The first-order chi connectivity index (χ1) is 13.1. The van der Waals surface area contributed by atoms with E-state index < -0.39 is 0 Å². The van der Waals surface area contributed by atoms with Gasteiger partial charge in [-0.2, -0.15) is 0 Å². The van der Waals surface area contributed by atoms with Gasteiger partial charge in [-0.25, -0.2) is 0 Å². The fraction of sp³-hybridized carbons (Fsp3) is 0.905. The van der Waals surface area contributed by atoms with Gasteiger partial charge in [-0.05, 0) is 57.8 Å². The van der Waals surface area contributed by atoms with Crippen LogP contribution in [-0.4, -0.2) is 60.4 Å². The van der Waals surface area contributed by atoms with E-state index in [-0.39, 0.29) is 48.8 Å². The summed E-state index contributed by atoms with van der Waals surface area (Å²) in [5, 5.41) is 20.2. The van der Waals surface area contributed by atoms with Crippen molar-refractivity contribution in [1.82, 2.24) is 0 Å². The molecule has 0 aliphatic carbocycles. The number of hydrogen-bond acceptors (Lipinski definition) is 6. The Hall–Kier alpha value is -0.820. The summed E-state index contributed by atoms with van der Waals surface area (Å²) in [7, 11) is 0. The van der Waals surface area contributed by atoms with Crippen LogP contribution < -0.4 is 0 Å². The number of aliphatic hydroxyl groups is 2. The van der Waals surface area contributed by atoms with E-state index in [0.29, 0.717) is 38.9 Å². The summed E-state index contributed by atoms with van der Waals surface area (Å²) in [6, 6.07) is 0. The van der Waals surface area contributed by atoms with Crippen molar-refractivity contribution in [1.29, 1.82) is 0 Å². The molecule has 0 spiro atoms. The predicted octanol–water partition coefficient (Wildman–Crippen LogP) is 2.43. The molecular weight excluding hydrogens is 348 g/mol. The van der Waals surface area contributed by atoms with E-state index in [0.717, 1.165) is 44.9 Å². The van der Waals surface area contributed by atoms with Gasteiger partial charge >= 0.3 is 0 Å². The molecule has 4 atom stereocenters. The quantitative estimate of drug-likeness (QED) is 0.537. The minimum absolute atomic E-state index is 0.107. The van der Waals surface area contributed by atoms with Crippen LogP contribution in [0, 0.1) is 11.8 Å². The van der Waals surface area contributed by atoms with Crippen molar-refractivity contribution in [3.63, 3.8) is 0 Å². The summed E-state index contributed by atoms with van der Waals surface area (Å²) >= 11 is 0. The third-order valence-corrected chi connectivity index (χ3v) is 5.88. The minimum atomic E-state index is -0.355. The molecule has 0 radical (unpaired) electrons. The van der Waals surface area contributed by atoms with Gasteiger partial charge in [-0.1, -0.05) is 12.8 Å². The van der Waals surface area contributed by atoms with Gasteiger partial charge < -0.3 is 19.7 Å². The van der Waals surface area contributed by atoms with Gasteiger partial charge in [-0.15, -0.1) is 0 Å². The SMILES string of the molecule is O=C1COCCC1CCCC(O)CCCC(O)CCCC1CCOCC1=O. The number of carbonyl (C=O) groups excluding carboxylic acids is 2. The molecule has 2 rings (SSSR count). The van der Waals surface area contributed by atoms with Crippen molar-refractivity contribution in [3.8, 4) is 0 Å². The maximum atomic E-state index is 11.7.